The molecular weight excluding hydrogens is 232 g/mol. The molecule has 0 amide bonds. The highest BCUT2D eigenvalue weighted by atomic mass is 14.8. The predicted octanol–water partition coefficient (Wildman–Crippen LogP) is 3.48. The van der Waals surface area contributed by atoms with Gasteiger partial charge in [0.2, 0.25) is 0 Å². The molecule has 0 aliphatic carbocycles. The van der Waals surface area contributed by atoms with E-state index in [1.165, 1.54) is 27.6 Å². The predicted molar refractivity (Wildman–Crippen MR) is 80.3 cm³/mol. The minimum atomic E-state index is 0.916. The van der Waals surface area contributed by atoms with Crippen molar-refractivity contribution < 1.29 is 0 Å². The summed E-state index contributed by atoms with van der Waals surface area (Å²) in [5.74, 6) is 0. The van der Waals surface area contributed by atoms with Crippen molar-refractivity contribution in [2.75, 3.05) is 7.05 Å². The van der Waals surface area contributed by atoms with Crippen molar-refractivity contribution in [2.24, 2.45) is 0 Å². The fraction of sp³-hybridized carbons (Fsp3) is 0.176. The molecule has 0 bridgehead atoms. The normalized spacial score (nSPS) is 11.0. The third-order valence-corrected chi connectivity index (χ3v) is 3.55. The molecule has 0 spiro atoms. The Kier molecular flexibility index (Phi) is 3.34. The summed E-state index contributed by atoms with van der Waals surface area (Å²) in [4.78, 5) is 3.27. The van der Waals surface area contributed by atoms with E-state index in [1.54, 1.807) is 0 Å². The number of aromatic amines is 1. The molecule has 0 aliphatic heterocycles. The molecule has 0 aliphatic rings. The van der Waals surface area contributed by atoms with Crippen LogP contribution in [0.2, 0.25) is 0 Å². The second kappa shape index (κ2) is 5.29. The third kappa shape index (κ3) is 2.40. The molecule has 2 N–H and O–H groups in total. The highest BCUT2D eigenvalue weighted by molar-refractivity contribution is 5.83. The van der Waals surface area contributed by atoms with Crippen LogP contribution in [0.1, 0.15) is 16.7 Å². The van der Waals surface area contributed by atoms with E-state index in [1.807, 2.05) is 13.2 Å². The third-order valence-electron chi connectivity index (χ3n) is 3.55. The average molecular weight is 250 g/mol. The van der Waals surface area contributed by atoms with Gasteiger partial charge in [0.15, 0.2) is 0 Å². The van der Waals surface area contributed by atoms with Gasteiger partial charge in [0, 0.05) is 23.6 Å². The Labute approximate surface area is 113 Å². The van der Waals surface area contributed by atoms with Gasteiger partial charge in [-0.25, -0.2) is 0 Å². The number of fused-ring (bicyclic) bond motifs is 1. The zero-order valence-corrected chi connectivity index (χ0v) is 11.1. The van der Waals surface area contributed by atoms with Crippen molar-refractivity contribution in [2.45, 2.75) is 13.0 Å². The molecule has 19 heavy (non-hydrogen) atoms. The standard InChI is InChI=1S/C17H18N2/c1-18-12-15-6-3-2-5-13(15)11-14-7-4-8-17-16(14)9-10-19-17/h2-10,18-19H,11-12H2,1H3. The Balaban J connectivity index is 1.99. The van der Waals surface area contributed by atoms with Crippen LogP contribution in [-0.4, -0.2) is 12.0 Å². The lowest BCUT2D eigenvalue weighted by Crippen LogP contribution is -2.07. The largest absolute Gasteiger partial charge is 0.361 e. The fourth-order valence-electron chi connectivity index (χ4n) is 2.60. The molecule has 3 rings (SSSR count). The Hall–Kier alpha value is -2.06. The topological polar surface area (TPSA) is 27.8 Å². The smallest absolute Gasteiger partial charge is 0.0456 e. The van der Waals surface area contributed by atoms with Gasteiger partial charge in [-0.1, -0.05) is 36.4 Å². The van der Waals surface area contributed by atoms with E-state index in [2.05, 4.69) is 58.8 Å². The van der Waals surface area contributed by atoms with Crippen molar-refractivity contribution in [1.29, 1.82) is 0 Å². The summed E-state index contributed by atoms with van der Waals surface area (Å²) in [6, 6.07) is 17.3. The first-order chi connectivity index (χ1) is 9.38. The Morgan fingerprint density at radius 1 is 0.895 bits per heavy atom. The molecule has 3 aromatic rings. The molecule has 2 heteroatoms. The number of H-pyrrole nitrogens is 1. The molecule has 0 radical (unpaired) electrons. The van der Waals surface area contributed by atoms with Gasteiger partial charge in [0.05, 0.1) is 0 Å². The van der Waals surface area contributed by atoms with Crippen LogP contribution in [0, 0.1) is 0 Å². The molecule has 0 saturated carbocycles. The van der Waals surface area contributed by atoms with Gasteiger partial charge in [-0.15, -0.1) is 0 Å². The molecule has 1 aromatic heterocycles. The lowest BCUT2D eigenvalue weighted by atomic mass is 9.97. The highest BCUT2D eigenvalue weighted by Gasteiger charge is 2.06. The number of nitrogens with one attached hydrogen (secondary N) is 2. The van der Waals surface area contributed by atoms with Gasteiger partial charge in [0.25, 0.3) is 0 Å². The minimum Gasteiger partial charge on any atom is -0.361 e. The van der Waals surface area contributed by atoms with Crippen molar-refractivity contribution >= 4 is 10.9 Å². The summed E-state index contributed by atoms with van der Waals surface area (Å²) >= 11 is 0. The van der Waals surface area contributed by atoms with Gasteiger partial charge in [-0.2, -0.15) is 0 Å². The van der Waals surface area contributed by atoms with Gasteiger partial charge < -0.3 is 10.3 Å². The first-order valence-electron chi connectivity index (χ1n) is 6.65. The maximum Gasteiger partial charge on any atom is 0.0456 e. The fourth-order valence-corrected chi connectivity index (χ4v) is 2.60. The van der Waals surface area contributed by atoms with Crippen LogP contribution >= 0.6 is 0 Å². The van der Waals surface area contributed by atoms with E-state index >= 15 is 0 Å². The maximum atomic E-state index is 3.27. The molecule has 1 heterocycles. The quantitative estimate of drug-likeness (QED) is 0.729. The van der Waals surface area contributed by atoms with Crippen molar-refractivity contribution in [1.82, 2.24) is 10.3 Å². The Bertz CT molecular complexity index is 682. The van der Waals surface area contributed by atoms with E-state index in [0.717, 1.165) is 13.0 Å². The average Bonchev–Trinajstić information content (AvgIpc) is 2.91. The van der Waals surface area contributed by atoms with E-state index in [-0.39, 0.29) is 0 Å². The van der Waals surface area contributed by atoms with Crippen molar-refractivity contribution in [3.05, 3.63) is 71.4 Å². The van der Waals surface area contributed by atoms with E-state index in [9.17, 15) is 0 Å². The highest BCUT2D eigenvalue weighted by Crippen LogP contribution is 2.22. The first kappa shape index (κ1) is 12.0. The van der Waals surface area contributed by atoms with Crippen LogP contribution < -0.4 is 5.32 Å². The van der Waals surface area contributed by atoms with Crippen LogP contribution in [0.15, 0.2) is 54.7 Å². The lowest BCUT2D eigenvalue weighted by Gasteiger charge is -2.10. The summed E-state index contributed by atoms with van der Waals surface area (Å²) in [5, 5.41) is 4.56. The van der Waals surface area contributed by atoms with Crippen LogP contribution in [0.4, 0.5) is 0 Å². The number of hydrogen-bond donors (Lipinski definition) is 2. The second-order valence-corrected chi connectivity index (χ2v) is 4.83. The Morgan fingerprint density at radius 2 is 1.68 bits per heavy atom. The van der Waals surface area contributed by atoms with Crippen molar-refractivity contribution in [3.63, 3.8) is 0 Å². The minimum absolute atomic E-state index is 0.916. The maximum absolute atomic E-state index is 3.27. The number of benzene rings is 2. The first-order valence-corrected chi connectivity index (χ1v) is 6.65. The zero-order chi connectivity index (χ0) is 13.1. The number of aromatic nitrogens is 1. The number of hydrogen-bond acceptors (Lipinski definition) is 1. The van der Waals surface area contributed by atoms with E-state index in [4.69, 9.17) is 0 Å². The number of rotatable bonds is 4. The van der Waals surface area contributed by atoms with Gasteiger partial charge >= 0.3 is 0 Å². The monoisotopic (exact) mass is 250 g/mol. The van der Waals surface area contributed by atoms with Gasteiger partial charge in [-0.3, -0.25) is 0 Å². The van der Waals surface area contributed by atoms with Crippen LogP contribution in [0.3, 0.4) is 0 Å². The molecule has 2 nitrogen and oxygen atoms in total. The molecular formula is C17H18N2. The summed E-state index contributed by atoms with van der Waals surface area (Å²) in [6.07, 6.45) is 2.99. The van der Waals surface area contributed by atoms with Gasteiger partial charge in [-0.05, 0) is 42.3 Å². The summed E-state index contributed by atoms with van der Waals surface area (Å²) in [7, 11) is 1.99. The van der Waals surface area contributed by atoms with Gasteiger partial charge in [0.1, 0.15) is 0 Å². The van der Waals surface area contributed by atoms with Crippen LogP contribution in [-0.2, 0) is 13.0 Å². The molecule has 96 valence electrons. The molecule has 0 unspecified atom stereocenters. The molecule has 0 fully saturated rings. The van der Waals surface area contributed by atoms with E-state index < -0.39 is 0 Å². The Morgan fingerprint density at radius 3 is 2.53 bits per heavy atom. The van der Waals surface area contributed by atoms with Crippen LogP contribution in [0.5, 0.6) is 0 Å². The SMILES string of the molecule is CNCc1ccccc1Cc1cccc2[nH]ccc12. The summed E-state index contributed by atoms with van der Waals surface area (Å²) in [6.45, 7) is 0.916. The van der Waals surface area contributed by atoms with Crippen LogP contribution in [0.25, 0.3) is 10.9 Å². The molecule has 0 atom stereocenters. The zero-order valence-electron chi connectivity index (χ0n) is 11.1. The van der Waals surface area contributed by atoms with E-state index in [0.29, 0.717) is 0 Å². The molecule has 2 aromatic carbocycles. The summed E-state index contributed by atoms with van der Waals surface area (Å²) < 4.78 is 0. The molecule has 0 saturated heterocycles. The lowest BCUT2D eigenvalue weighted by molar-refractivity contribution is 0.808. The van der Waals surface area contributed by atoms with Crippen molar-refractivity contribution in [3.8, 4) is 0 Å². The summed E-state index contributed by atoms with van der Waals surface area (Å²) in [5.41, 5.74) is 5.36. The second-order valence-electron chi connectivity index (χ2n) is 4.83.